The molecule has 122 valence electrons. The van der Waals surface area contributed by atoms with E-state index in [-0.39, 0.29) is 24.2 Å². The number of nitrogens with zero attached hydrogens (tertiary/aromatic N) is 2. The molecule has 1 aliphatic heterocycles. The van der Waals surface area contributed by atoms with E-state index in [4.69, 9.17) is 4.74 Å². The van der Waals surface area contributed by atoms with Crippen molar-refractivity contribution in [2.75, 3.05) is 25.0 Å². The Balaban J connectivity index is 1.43. The lowest BCUT2D eigenvalue weighted by atomic mass is 10.1. The van der Waals surface area contributed by atoms with Crippen molar-refractivity contribution in [1.82, 2.24) is 9.88 Å². The number of halogens is 1. The van der Waals surface area contributed by atoms with Crippen LogP contribution in [0.25, 0.3) is 0 Å². The second-order valence-electron chi connectivity index (χ2n) is 5.42. The second-order valence-corrected chi connectivity index (χ2v) is 6.28. The molecular weight excluding hydrogens is 317 g/mol. The van der Waals surface area contributed by atoms with Crippen molar-refractivity contribution in [3.63, 3.8) is 0 Å². The van der Waals surface area contributed by atoms with Crippen LogP contribution in [0.5, 0.6) is 5.19 Å². The number of hydrogen-bond acceptors (Lipinski definition) is 5. The molecule has 1 aromatic heterocycles. The number of hydrogen-bond donors (Lipinski definition) is 1. The number of piperidine rings is 1. The van der Waals surface area contributed by atoms with Gasteiger partial charge in [0.2, 0.25) is 5.91 Å². The zero-order valence-electron chi connectivity index (χ0n) is 12.6. The van der Waals surface area contributed by atoms with E-state index in [9.17, 15) is 9.18 Å². The highest BCUT2D eigenvalue weighted by Gasteiger charge is 2.22. The molecule has 7 heteroatoms. The largest absolute Gasteiger partial charge is 0.467 e. The van der Waals surface area contributed by atoms with E-state index in [0.29, 0.717) is 5.19 Å². The van der Waals surface area contributed by atoms with Crippen LogP contribution in [-0.4, -0.2) is 41.5 Å². The molecule has 0 bridgehead atoms. The van der Waals surface area contributed by atoms with Gasteiger partial charge >= 0.3 is 0 Å². The molecule has 23 heavy (non-hydrogen) atoms. The number of nitrogens with one attached hydrogen (secondary N) is 1. The predicted octanol–water partition coefficient (Wildman–Crippen LogP) is 2.76. The molecule has 3 rings (SSSR count). The number of para-hydroxylation sites is 1. The van der Waals surface area contributed by atoms with E-state index in [1.54, 1.807) is 24.4 Å². The lowest BCUT2D eigenvalue weighted by Gasteiger charge is -2.30. The van der Waals surface area contributed by atoms with E-state index < -0.39 is 5.82 Å². The fourth-order valence-electron chi connectivity index (χ4n) is 2.55. The molecule has 0 saturated carbocycles. The Labute approximate surface area is 138 Å². The average molecular weight is 335 g/mol. The first-order valence-electron chi connectivity index (χ1n) is 7.53. The van der Waals surface area contributed by atoms with E-state index in [0.717, 1.165) is 25.9 Å². The van der Waals surface area contributed by atoms with Gasteiger partial charge in [-0.05, 0) is 25.0 Å². The lowest BCUT2D eigenvalue weighted by Crippen LogP contribution is -2.42. The summed E-state index contributed by atoms with van der Waals surface area (Å²) in [5, 5.41) is 5.19. The molecule has 1 N–H and O–H groups in total. The number of aromatic nitrogens is 1. The number of thiazole rings is 1. The smallest absolute Gasteiger partial charge is 0.273 e. The molecule has 0 spiro atoms. The molecule has 1 fully saturated rings. The first-order chi connectivity index (χ1) is 11.2. The van der Waals surface area contributed by atoms with Gasteiger partial charge in [-0.3, -0.25) is 9.69 Å². The summed E-state index contributed by atoms with van der Waals surface area (Å²) >= 11 is 1.48. The van der Waals surface area contributed by atoms with Crippen molar-refractivity contribution in [3.8, 4) is 5.19 Å². The summed E-state index contributed by atoms with van der Waals surface area (Å²) < 4.78 is 19.3. The Morgan fingerprint density at radius 3 is 2.87 bits per heavy atom. The average Bonchev–Trinajstić information content (AvgIpc) is 3.04. The number of anilines is 1. The van der Waals surface area contributed by atoms with Crippen molar-refractivity contribution < 1.29 is 13.9 Å². The standard InChI is InChI=1S/C16H18FN3O2S/c17-13-3-1-2-4-14(13)19-15(21)11-20-8-5-12(6-9-20)22-16-18-7-10-23-16/h1-4,7,10,12H,5-6,8-9,11H2,(H,19,21). The summed E-state index contributed by atoms with van der Waals surface area (Å²) in [6, 6.07) is 6.18. The van der Waals surface area contributed by atoms with Gasteiger partial charge in [0.15, 0.2) is 0 Å². The van der Waals surface area contributed by atoms with Gasteiger partial charge in [-0.2, -0.15) is 0 Å². The molecule has 0 aliphatic carbocycles. The first-order valence-corrected chi connectivity index (χ1v) is 8.41. The van der Waals surface area contributed by atoms with Crippen LogP contribution in [-0.2, 0) is 4.79 Å². The van der Waals surface area contributed by atoms with Crippen LogP contribution in [0.2, 0.25) is 0 Å². The Morgan fingerprint density at radius 1 is 1.39 bits per heavy atom. The van der Waals surface area contributed by atoms with Gasteiger partial charge in [-0.15, -0.1) is 0 Å². The Bertz CT molecular complexity index is 643. The molecule has 5 nitrogen and oxygen atoms in total. The molecule has 2 heterocycles. The van der Waals surface area contributed by atoms with Crippen molar-refractivity contribution in [1.29, 1.82) is 0 Å². The number of ether oxygens (including phenoxy) is 1. The summed E-state index contributed by atoms with van der Waals surface area (Å²) in [6.45, 7) is 1.82. The maximum atomic E-state index is 13.5. The lowest BCUT2D eigenvalue weighted by molar-refractivity contribution is -0.117. The van der Waals surface area contributed by atoms with Gasteiger partial charge in [0.1, 0.15) is 11.9 Å². The van der Waals surface area contributed by atoms with Crippen molar-refractivity contribution in [2.45, 2.75) is 18.9 Å². The summed E-state index contributed by atoms with van der Waals surface area (Å²) in [5.41, 5.74) is 0.222. The van der Waals surface area contributed by atoms with Gasteiger partial charge in [0, 0.05) is 24.7 Å². The number of benzene rings is 1. The highest BCUT2D eigenvalue weighted by Crippen LogP contribution is 2.21. The molecule has 1 amide bonds. The Hall–Kier alpha value is -1.99. The number of likely N-dealkylation sites (tertiary alicyclic amines) is 1. The minimum atomic E-state index is -0.420. The second kappa shape index (κ2) is 7.52. The molecule has 0 radical (unpaired) electrons. The molecule has 1 saturated heterocycles. The maximum Gasteiger partial charge on any atom is 0.273 e. The van der Waals surface area contributed by atoms with Gasteiger partial charge < -0.3 is 10.1 Å². The van der Waals surface area contributed by atoms with E-state index in [1.807, 2.05) is 5.38 Å². The summed E-state index contributed by atoms with van der Waals surface area (Å²) in [4.78, 5) is 18.2. The molecule has 1 aliphatic rings. The summed E-state index contributed by atoms with van der Waals surface area (Å²) in [6.07, 6.45) is 3.58. The third-order valence-electron chi connectivity index (χ3n) is 3.73. The number of amides is 1. The number of carbonyl (C=O) groups excluding carboxylic acids is 1. The molecule has 0 unspecified atom stereocenters. The Morgan fingerprint density at radius 2 is 2.17 bits per heavy atom. The van der Waals surface area contributed by atoms with Crippen LogP contribution < -0.4 is 10.1 Å². The molecular formula is C16H18FN3O2S. The monoisotopic (exact) mass is 335 g/mol. The van der Waals surface area contributed by atoms with Crippen LogP contribution in [0.15, 0.2) is 35.8 Å². The molecule has 2 aromatic rings. The van der Waals surface area contributed by atoms with Gasteiger partial charge in [-0.25, -0.2) is 9.37 Å². The first kappa shape index (κ1) is 15.9. The highest BCUT2D eigenvalue weighted by molar-refractivity contribution is 7.11. The van der Waals surface area contributed by atoms with Crippen molar-refractivity contribution >= 4 is 22.9 Å². The SMILES string of the molecule is O=C(CN1CCC(Oc2nccs2)CC1)Nc1ccccc1F. The van der Waals surface area contributed by atoms with E-state index in [1.165, 1.54) is 17.4 Å². The summed E-state index contributed by atoms with van der Waals surface area (Å²) in [5.74, 6) is -0.620. The van der Waals surface area contributed by atoms with E-state index in [2.05, 4.69) is 15.2 Å². The third kappa shape index (κ3) is 4.49. The number of carbonyl (C=O) groups is 1. The van der Waals surface area contributed by atoms with Crippen molar-refractivity contribution in [2.24, 2.45) is 0 Å². The van der Waals surface area contributed by atoms with Crippen LogP contribution in [0.3, 0.4) is 0 Å². The summed E-state index contributed by atoms with van der Waals surface area (Å²) in [7, 11) is 0. The third-order valence-corrected chi connectivity index (χ3v) is 4.39. The normalized spacial score (nSPS) is 16.2. The van der Waals surface area contributed by atoms with Crippen LogP contribution in [0.1, 0.15) is 12.8 Å². The predicted molar refractivity (Wildman–Crippen MR) is 87.2 cm³/mol. The van der Waals surface area contributed by atoms with Crippen LogP contribution in [0.4, 0.5) is 10.1 Å². The number of rotatable bonds is 5. The fourth-order valence-corrected chi connectivity index (χ4v) is 3.10. The van der Waals surface area contributed by atoms with Crippen LogP contribution >= 0.6 is 11.3 Å². The van der Waals surface area contributed by atoms with Crippen LogP contribution in [0, 0.1) is 5.82 Å². The van der Waals surface area contributed by atoms with E-state index >= 15 is 0 Å². The minimum Gasteiger partial charge on any atom is -0.467 e. The van der Waals surface area contributed by atoms with Gasteiger partial charge in [-0.1, -0.05) is 23.5 Å². The van der Waals surface area contributed by atoms with Crippen molar-refractivity contribution in [3.05, 3.63) is 41.7 Å². The zero-order chi connectivity index (χ0) is 16.1. The quantitative estimate of drug-likeness (QED) is 0.913. The van der Waals surface area contributed by atoms with Gasteiger partial charge in [0.05, 0.1) is 12.2 Å². The van der Waals surface area contributed by atoms with Gasteiger partial charge in [0.25, 0.3) is 5.19 Å². The zero-order valence-corrected chi connectivity index (χ0v) is 13.4. The Kier molecular flexibility index (Phi) is 5.19. The topological polar surface area (TPSA) is 54.5 Å². The molecule has 1 aromatic carbocycles. The maximum absolute atomic E-state index is 13.5. The fraction of sp³-hybridized carbons (Fsp3) is 0.375. The highest BCUT2D eigenvalue weighted by atomic mass is 32.1. The molecule has 0 atom stereocenters. The minimum absolute atomic E-state index is 0.145.